The van der Waals surface area contributed by atoms with Gasteiger partial charge in [0.05, 0.1) is 23.4 Å². The normalized spacial score (nSPS) is 11.4. The van der Waals surface area contributed by atoms with Crippen LogP contribution < -0.4 is 14.3 Å². The monoisotopic (exact) mass is 400 g/mol. The summed E-state index contributed by atoms with van der Waals surface area (Å²) in [5, 5.41) is 0.602. The van der Waals surface area contributed by atoms with E-state index < -0.39 is 5.91 Å². The van der Waals surface area contributed by atoms with Gasteiger partial charge >= 0.3 is 0 Å². The number of aromatic nitrogens is 1. The molecule has 3 rings (SSSR count). The minimum atomic E-state index is -0.396. The average Bonchev–Trinajstić information content (AvgIpc) is 2.98. The van der Waals surface area contributed by atoms with Gasteiger partial charge in [-0.1, -0.05) is 28.9 Å². The molecule has 1 heterocycles. The largest absolute Gasteiger partial charge is 0.494 e. The van der Waals surface area contributed by atoms with Gasteiger partial charge in [0.15, 0.2) is 11.4 Å². The van der Waals surface area contributed by atoms with Gasteiger partial charge in [0.2, 0.25) is 0 Å². The number of hydrogen-bond donors (Lipinski definition) is 0. The highest BCUT2D eigenvalue weighted by Crippen LogP contribution is 2.23. The fraction of sp³-hybridized carbons (Fsp3) is 0.200. The lowest BCUT2D eigenvalue weighted by molar-refractivity contribution is -0.120. The molecule has 1 amide bonds. The van der Waals surface area contributed by atoms with Crippen molar-refractivity contribution >= 4 is 39.1 Å². The maximum absolute atomic E-state index is 12.3. The highest BCUT2D eigenvalue weighted by Gasteiger charge is 2.09. The molecule has 0 aliphatic rings. The Bertz CT molecular complexity index is 1060. The lowest BCUT2D eigenvalue weighted by atomic mass is 10.3. The van der Waals surface area contributed by atoms with E-state index in [2.05, 4.69) is 10.9 Å². The van der Waals surface area contributed by atoms with Crippen LogP contribution in [0, 0.1) is 12.3 Å². The van der Waals surface area contributed by atoms with E-state index >= 15 is 0 Å². The van der Waals surface area contributed by atoms with Crippen LogP contribution >= 0.6 is 22.9 Å². The summed E-state index contributed by atoms with van der Waals surface area (Å²) in [5.41, 5.74) is 0.909. The third kappa shape index (κ3) is 4.70. The zero-order chi connectivity index (χ0) is 19.2. The lowest BCUT2D eigenvalue weighted by Gasteiger charge is -2.04. The van der Waals surface area contributed by atoms with Gasteiger partial charge in [-0.2, -0.15) is 4.99 Å². The first-order valence-electron chi connectivity index (χ1n) is 8.26. The Morgan fingerprint density at radius 2 is 1.96 bits per heavy atom. The van der Waals surface area contributed by atoms with Crippen molar-refractivity contribution in [2.75, 3.05) is 13.2 Å². The molecule has 0 unspecified atom stereocenters. The molecule has 1 aromatic heterocycles. The number of ether oxygens (including phenoxy) is 2. The molecular weight excluding hydrogens is 384 g/mol. The van der Waals surface area contributed by atoms with E-state index in [1.54, 1.807) is 24.3 Å². The molecular formula is C20H17ClN2O3S. The second-order valence-corrected chi connectivity index (χ2v) is 6.93. The number of terminal acetylenes is 1. The van der Waals surface area contributed by atoms with Crippen LogP contribution in [0.15, 0.2) is 47.5 Å². The number of rotatable bonds is 6. The van der Waals surface area contributed by atoms with E-state index in [0.717, 1.165) is 16.0 Å². The Hall–Kier alpha value is -2.75. The fourth-order valence-electron chi connectivity index (χ4n) is 2.45. The molecule has 0 bridgehead atoms. The van der Waals surface area contributed by atoms with Crippen molar-refractivity contribution in [2.45, 2.75) is 13.5 Å². The third-order valence-electron chi connectivity index (χ3n) is 3.61. The standard InChI is InChI=1S/C20H17ClN2O3S/c1-3-11-23-17-10-9-16(25-4-2)12-18(17)27-20(23)22-19(24)13-26-15-7-5-14(21)6-8-15/h1,5-10,12H,4,11,13H2,2H3. The number of hydrogen-bond acceptors (Lipinski definition) is 4. The SMILES string of the molecule is C#CCn1c(=NC(=O)COc2ccc(Cl)cc2)sc2cc(OCC)ccc21. The molecule has 3 aromatic rings. The second-order valence-electron chi connectivity index (χ2n) is 5.49. The molecule has 0 saturated carbocycles. The van der Waals surface area contributed by atoms with Crippen molar-refractivity contribution in [3.05, 3.63) is 52.3 Å². The van der Waals surface area contributed by atoms with E-state index in [9.17, 15) is 4.79 Å². The fourth-order valence-corrected chi connectivity index (χ4v) is 3.66. The Kier molecular flexibility index (Phi) is 6.17. The number of nitrogens with zero attached hydrogens (tertiary/aromatic N) is 2. The summed E-state index contributed by atoms with van der Waals surface area (Å²) in [6.07, 6.45) is 5.48. The number of halogens is 1. The summed E-state index contributed by atoms with van der Waals surface area (Å²) in [6.45, 7) is 2.66. The summed E-state index contributed by atoms with van der Waals surface area (Å²) in [7, 11) is 0. The van der Waals surface area contributed by atoms with Crippen LogP contribution in [0.4, 0.5) is 0 Å². The molecule has 0 spiro atoms. The predicted octanol–water partition coefficient (Wildman–Crippen LogP) is 3.89. The first-order valence-corrected chi connectivity index (χ1v) is 9.45. The first-order chi connectivity index (χ1) is 13.1. The average molecular weight is 401 g/mol. The van der Waals surface area contributed by atoms with Crippen molar-refractivity contribution < 1.29 is 14.3 Å². The number of thiazole rings is 1. The highest BCUT2D eigenvalue weighted by molar-refractivity contribution is 7.16. The molecule has 0 saturated heterocycles. The lowest BCUT2D eigenvalue weighted by Crippen LogP contribution is -2.19. The minimum absolute atomic E-state index is 0.171. The van der Waals surface area contributed by atoms with Crippen LogP contribution in [-0.4, -0.2) is 23.7 Å². The molecule has 5 nitrogen and oxygen atoms in total. The topological polar surface area (TPSA) is 52.8 Å². The van der Waals surface area contributed by atoms with Crippen molar-refractivity contribution in [1.29, 1.82) is 0 Å². The Balaban J connectivity index is 1.86. The summed E-state index contributed by atoms with van der Waals surface area (Å²) < 4.78 is 13.8. The van der Waals surface area contributed by atoms with Crippen LogP contribution in [0.1, 0.15) is 6.92 Å². The van der Waals surface area contributed by atoms with E-state index in [1.807, 2.05) is 29.7 Å². The van der Waals surface area contributed by atoms with Gasteiger partial charge in [0.1, 0.15) is 11.5 Å². The minimum Gasteiger partial charge on any atom is -0.494 e. The summed E-state index contributed by atoms with van der Waals surface area (Å²) in [5.74, 6) is 3.53. The van der Waals surface area contributed by atoms with Crippen molar-refractivity contribution in [3.8, 4) is 23.8 Å². The molecule has 27 heavy (non-hydrogen) atoms. The van der Waals surface area contributed by atoms with Crippen LogP contribution in [0.3, 0.4) is 0 Å². The summed E-state index contributed by atoms with van der Waals surface area (Å²) in [6, 6.07) is 12.5. The smallest absolute Gasteiger partial charge is 0.286 e. The van der Waals surface area contributed by atoms with Crippen molar-refractivity contribution in [1.82, 2.24) is 4.57 Å². The molecule has 0 aliphatic heterocycles. The summed E-state index contributed by atoms with van der Waals surface area (Å²) in [4.78, 5) is 17.0. The maximum Gasteiger partial charge on any atom is 0.286 e. The zero-order valence-electron chi connectivity index (χ0n) is 14.6. The van der Waals surface area contributed by atoms with Crippen molar-refractivity contribution in [2.24, 2.45) is 4.99 Å². The number of carbonyl (C=O) groups excluding carboxylic acids is 1. The number of amides is 1. The van der Waals surface area contributed by atoms with E-state index in [-0.39, 0.29) is 6.61 Å². The van der Waals surface area contributed by atoms with Gasteiger partial charge < -0.3 is 14.0 Å². The van der Waals surface area contributed by atoms with E-state index in [1.165, 1.54) is 11.3 Å². The number of fused-ring (bicyclic) bond motifs is 1. The van der Waals surface area contributed by atoms with Gasteiger partial charge in [-0.15, -0.1) is 6.42 Å². The highest BCUT2D eigenvalue weighted by atomic mass is 35.5. The molecule has 0 radical (unpaired) electrons. The van der Waals surface area contributed by atoms with Gasteiger partial charge in [0, 0.05) is 5.02 Å². The van der Waals surface area contributed by atoms with Gasteiger partial charge in [-0.3, -0.25) is 4.79 Å². The number of carbonyl (C=O) groups is 1. The molecule has 0 fully saturated rings. The summed E-state index contributed by atoms with van der Waals surface area (Å²) >= 11 is 7.21. The Labute approximate surface area is 165 Å². The predicted molar refractivity (Wildman–Crippen MR) is 107 cm³/mol. The molecule has 2 aromatic carbocycles. The van der Waals surface area contributed by atoms with Crippen LogP contribution in [0.5, 0.6) is 11.5 Å². The Morgan fingerprint density at radius 3 is 2.67 bits per heavy atom. The van der Waals surface area contributed by atoms with Gasteiger partial charge in [-0.05, 0) is 49.4 Å². The van der Waals surface area contributed by atoms with Crippen molar-refractivity contribution in [3.63, 3.8) is 0 Å². The van der Waals surface area contributed by atoms with E-state index in [4.69, 9.17) is 27.5 Å². The second kappa shape index (κ2) is 8.76. The number of benzene rings is 2. The third-order valence-corrected chi connectivity index (χ3v) is 4.90. The van der Waals surface area contributed by atoms with Gasteiger partial charge in [-0.25, -0.2) is 0 Å². The quantitative estimate of drug-likeness (QED) is 0.590. The van der Waals surface area contributed by atoms with Crippen LogP contribution in [-0.2, 0) is 11.3 Å². The molecule has 138 valence electrons. The maximum atomic E-state index is 12.3. The molecule has 0 N–H and O–H groups in total. The van der Waals surface area contributed by atoms with Gasteiger partial charge in [0.25, 0.3) is 5.91 Å². The van der Waals surface area contributed by atoms with Crippen LogP contribution in [0.2, 0.25) is 5.02 Å². The molecule has 7 heteroatoms. The van der Waals surface area contributed by atoms with E-state index in [0.29, 0.717) is 28.7 Å². The Morgan fingerprint density at radius 1 is 1.22 bits per heavy atom. The van der Waals surface area contributed by atoms with Crippen LogP contribution in [0.25, 0.3) is 10.2 Å². The molecule has 0 atom stereocenters. The first kappa shape index (κ1) is 19.0. The zero-order valence-corrected chi connectivity index (χ0v) is 16.2. The molecule has 0 aliphatic carbocycles.